The minimum absolute atomic E-state index is 0.0926. The average molecular weight is 390 g/mol. The highest BCUT2D eigenvalue weighted by Gasteiger charge is 2.49. The Balaban J connectivity index is 1.87. The summed E-state index contributed by atoms with van der Waals surface area (Å²) in [6.45, 7) is 9.38. The molecule has 6 heteroatoms. The lowest BCUT2D eigenvalue weighted by molar-refractivity contribution is -0.142. The van der Waals surface area contributed by atoms with Crippen LogP contribution in [0.5, 0.6) is 0 Å². The highest BCUT2D eigenvalue weighted by atomic mass is 16.5. The molecular weight excluding hydrogens is 360 g/mol. The smallest absolute Gasteiger partial charge is 0.302 e. The predicted molar refractivity (Wildman–Crippen MR) is 102 cm³/mol. The number of carbonyl (C=O) groups is 3. The Hall–Kier alpha value is -2.11. The number of hydrogen-bond donors (Lipinski definition) is 0. The minimum atomic E-state index is -0.457. The van der Waals surface area contributed by atoms with Gasteiger partial charge in [0.05, 0.1) is 0 Å². The molecule has 0 unspecified atom stereocenters. The largest absolute Gasteiger partial charge is 0.491 e. The summed E-state index contributed by atoms with van der Waals surface area (Å²) in [5, 5.41) is 0. The van der Waals surface area contributed by atoms with Gasteiger partial charge in [0, 0.05) is 44.6 Å². The first-order chi connectivity index (χ1) is 13.0. The molecule has 3 rings (SSSR count). The van der Waals surface area contributed by atoms with Gasteiger partial charge in [-0.15, -0.1) is 0 Å². The van der Waals surface area contributed by atoms with Gasteiger partial charge in [-0.1, -0.05) is 13.8 Å². The third-order valence-electron chi connectivity index (χ3n) is 6.08. The molecule has 0 aromatic carbocycles. The van der Waals surface area contributed by atoms with Gasteiger partial charge in [-0.05, 0) is 36.3 Å². The van der Waals surface area contributed by atoms with Crippen molar-refractivity contribution in [3.63, 3.8) is 0 Å². The fourth-order valence-corrected chi connectivity index (χ4v) is 4.60. The van der Waals surface area contributed by atoms with Gasteiger partial charge < -0.3 is 14.2 Å². The lowest BCUT2D eigenvalue weighted by Crippen LogP contribution is -2.47. The van der Waals surface area contributed by atoms with E-state index >= 15 is 0 Å². The SMILES string of the molecule is CC(=O)OCC1=C(COC(C)=O)C[C@]2(C)OC3=C(C[C@@H]2C1)C(=O)CC(C)(C)C3. The maximum atomic E-state index is 12.7. The summed E-state index contributed by atoms with van der Waals surface area (Å²) in [6.07, 6.45) is 3.25. The molecular formula is C22H30O6. The van der Waals surface area contributed by atoms with Crippen LogP contribution in [-0.4, -0.2) is 36.5 Å². The molecule has 0 radical (unpaired) electrons. The van der Waals surface area contributed by atoms with Crippen molar-refractivity contribution >= 4 is 17.7 Å². The fourth-order valence-electron chi connectivity index (χ4n) is 4.60. The van der Waals surface area contributed by atoms with Crippen molar-refractivity contribution in [2.75, 3.05) is 13.2 Å². The van der Waals surface area contributed by atoms with E-state index in [0.717, 1.165) is 28.9 Å². The molecule has 0 bridgehead atoms. The van der Waals surface area contributed by atoms with Gasteiger partial charge in [-0.2, -0.15) is 0 Å². The van der Waals surface area contributed by atoms with Crippen molar-refractivity contribution in [3.8, 4) is 0 Å². The Kier molecular flexibility index (Phi) is 5.43. The lowest BCUT2D eigenvalue weighted by atomic mass is 9.66. The summed E-state index contributed by atoms with van der Waals surface area (Å²) in [5.74, 6) is 0.450. The molecule has 0 aromatic heterocycles. The van der Waals surface area contributed by atoms with Gasteiger partial charge in [-0.25, -0.2) is 0 Å². The van der Waals surface area contributed by atoms with Gasteiger partial charge >= 0.3 is 11.9 Å². The zero-order chi connectivity index (χ0) is 20.7. The quantitative estimate of drug-likeness (QED) is 0.539. The topological polar surface area (TPSA) is 78.9 Å². The number of Topliss-reactive ketones (excluding diaryl/α,β-unsaturated/α-hetero) is 1. The van der Waals surface area contributed by atoms with Crippen LogP contribution in [-0.2, 0) is 28.6 Å². The van der Waals surface area contributed by atoms with Crippen LogP contribution >= 0.6 is 0 Å². The molecule has 0 spiro atoms. The van der Waals surface area contributed by atoms with Crippen molar-refractivity contribution < 1.29 is 28.6 Å². The van der Waals surface area contributed by atoms with Crippen LogP contribution in [0.1, 0.15) is 66.7 Å². The normalized spacial score (nSPS) is 28.9. The molecule has 0 saturated heterocycles. The van der Waals surface area contributed by atoms with Gasteiger partial charge in [0.25, 0.3) is 0 Å². The molecule has 1 heterocycles. The van der Waals surface area contributed by atoms with Crippen molar-refractivity contribution in [1.82, 2.24) is 0 Å². The molecule has 0 saturated carbocycles. The number of fused-ring (bicyclic) bond motifs is 1. The van der Waals surface area contributed by atoms with Crippen LogP contribution in [0.3, 0.4) is 0 Å². The van der Waals surface area contributed by atoms with Gasteiger partial charge in [-0.3, -0.25) is 14.4 Å². The van der Waals surface area contributed by atoms with E-state index in [-0.39, 0.29) is 42.3 Å². The van der Waals surface area contributed by atoms with Gasteiger partial charge in [0.1, 0.15) is 24.6 Å². The highest BCUT2D eigenvalue weighted by molar-refractivity contribution is 5.97. The van der Waals surface area contributed by atoms with Crippen molar-refractivity contribution in [2.24, 2.45) is 11.3 Å². The van der Waals surface area contributed by atoms with Crippen LogP contribution in [0.4, 0.5) is 0 Å². The molecule has 0 fully saturated rings. The second-order valence-electron chi connectivity index (χ2n) is 9.31. The molecule has 1 aliphatic heterocycles. The van der Waals surface area contributed by atoms with Crippen LogP contribution < -0.4 is 0 Å². The number of hydrogen-bond acceptors (Lipinski definition) is 6. The Labute approximate surface area is 166 Å². The van der Waals surface area contributed by atoms with Crippen LogP contribution in [0, 0.1) is 11.3 Å². The van der Waals surface area contributed by atoms with E-state index in [1.54, 1.807) is 0 Å². The van der Waals surface area contributed by atoms with Crippen LogP contribution in [0.25, 0.3) is 0 Å². The summed E-state index contributed by atoms with van der Waals surface area (Å²) in [6, 6.07) is 0. The molecule has 3 aliphatic rings. The van der Waals surface area contributed by atoms with Crippen LogP contribution in [0.2, 0.25) is 0 Å². The summed E-state index contributed by atoms with van der Waals surface area (Å²) in [5.41, 5.74) is 2.19. The van der Waals surface area contributed by atoms with Crippen molar-refractivity contribution in [3.05, 3.63) is 22.5 Å². The second-order valence-corrected chi connectivity index (χ2v) is 9.31. The first-order valence-electron chi connectivity index (χ1n) is 9.90. The predicted octanol–water partition coefficient (Wildman–Crippen LogP) is 3.64. The molecule has 0 amide bonds. The van der Waals surface area contributed by atoms with E-state index in [2.05, 4.69) is 20.8 Å². The molecule has 154 valence electrons. The monoisotopic (exact) mass is 390 g/mol. The lowest BCUT2D eigenvalue weighted by Gasteiger charge is -2.49. The molecule has 6 nitrogen and oxygen atoms in total. The third-order valence-corrected chi connectivity index (χ3v) is 6.08. The van der Waals surface area contributed by atoms with E-state index in [0.29, 0.717) is 25.7 Å². The van der Waals surface area contributed by atoms with E-state index in [4.69, 9.17) is 14.2 Å². The van der Waals surface area contributed by atoms with Gasteiger partial charge in [0.2, 0.25) is 0 Å². The Morgan fingerprint density at radius 1 is 0.964 bits per heavy atom. The van der Waals surface area contributed by atoms with Crippen molar-refractivity contribution in [2.45, 2.75) is 72.3 Å². The zero-order valence-corrected chi connectivity index (χ0v) is 17.5. The number of carbonyl (C=O) groups excluding carboxylic acids is 3. The van der Waals surface area contributed by atoms with E-state index in [1.165, 1.54) is 13.8 Å². The number of rotatable bonds is 4. The molecule has 28 heavy (non-hydrogen) atoms. The molecule has 0 aromatic rings. The Morgan fingerprint density at radius 3 is 2.18 bits per heavy atom. The Morgan fingerprint density at radius 2 is 1.57 bits per heavy atom. The zero-order valence-electron chi connectivity index (χ0n) is 17.5. The summed E-state index contributed by atoms with van der Waals surface area (Å²) < 4.78 is 16.9. The summed E-state index contributed by atoms with van der Waals surface area (Å²) >= 11 is 0. The number of allylic oxidation sites excluding steroid dienone is 2. The van der Waals surface area contributed by atoms with E-state index in [9.17, 15) is 14.4 Å². The minimum Gasteiger partial charge on any atom is -0.491 e. The third kappa shape index (κ3) is 4.31. The first-order valence-corrected chi connectivity index (χ1v) is 9.90. The van der Waals surface area contributed by atoms with Crippen molar-refractivity contribution in [1.29, 1.82) is 0 Å². The number of ether oxygens (including phenoxy) is 3. The van der Waals surface area contributed by atoms with Crippen LogP contribution in [0.15, 0.2) is 22.5 Å². The maximum absolute atomic E-state index is 12.7. The van der Waals surface area contributed by atoms with Gasteiger partial charge in [0.15, 0.2) is 5.78 Å². The number of ketones is 1. The average Bonchev–Trinajstić information content (AvgIpc) is 2.55. The van der Waals surface area contributed by atoms with E-state index < -0.39 is 5.60 Å². The second kappa shape index (κ2) is 7.37. The fraction of sp³-hybridized carbons (Fsp3) is 0.682. The standard InChI is InChI=1S/C22H30O6/c1-13(23)26-11-15-6-17-7-18-19(25)9-21(3,4)10-20(18)28-22(17,5)8-16(15)12-27-14(2)24/h17H,6-12H2,1-5H3/t17-,22-/m0/s1. The highest BCUT2D eigenvalue weighted by Crippen LogP contribution is 2.51. The maximum Gasteiger partial charge on any atom is 0.302 e. The Bertz CT molecular complexity index is 772. The molecule has 2 aliphatic carbocycles. The number of esters is 2. The molecule has 0 N–H and O–H groups in total. The first kappa shape index (κ1) is 20.6. The molecule has 2 atom stereocenters. The summed E-state index contributed by atoms with van der Waals surface area (Å²) in [4.78, 5) is 35.3. The summed E-state index contributed by atoms with van der Waals surface area (Å²) in [7, 11) is 0. The van der Waals surface area contributed by atoms with E-state index in [1.807, 2.05) is 0 Å².